The molecular weight excluding hydrogens is 278 g/mol. The molecule has 0 amide bonds. The van der Waals surface area contributed by atoms with Crippen molar-refractivity contribution in [3.8, 4) is 0 Å². The van der Waals surface area contributed by atoms with E-state index in [1.54, 1.807) is 0 Å². The van der Waals surface area contributed by atoms with Crippen LogP contribution >= 0.6 is 0 Å². The molecule has 1 atom stereocenters. The van der Waals surface area contributed by atoms with Crippen molar-refractivity contribution in [3.63, 3.8) is 0 Å². The molecule has 0 saturated carbocycles. The Labute approximate surface area is 124 Å². The lowest BCUT2D eigenvalue weighted by molar-refractivity contribution is 0.0550. The van der Waals surface area contributed by atoms with Crippen LogP contribution in [0, 0.1) is 0 Å². The smallest absolute Gasteiger partial charge is 0.395 e. The Hall–Kier alpha value is -0.0231. The van der Waals surface area contributed by atoms with E-state index < -0.39 is 8.80 Å². The standard InChI is InChI=1S/C13H31NO5Si/c1-5-17-20(18-6-2,19-7-3)13(4)12-14(8-10-15)9-11-16/h13,15-16H,5-12H2,1-4H3. The van der Waals surface area contributed by atoms with Crippen LogP contribution in [0.5, 0.6) is 0 Å². The maximum absolute atomic E-state index is 9.08. The first-order valence-corrected chi connectivity index (χ1v) is 9.26. The van der Waals surface area contributed by atoms with Crippen molar-refractivity contribution < 1.29 is 23.5 Å². The molecule has 20 heavy (non-hydrogen) atoms. The SMILES string of the molecule is CCO[Si](OCC)(OCC)C(C)CN(CCO)CCO. The lowest BCUT2D eigenvalue weighted by Gasteiger charge is -2.35. The lowest BCUT2D eigenvalue weighted by Crippen LogP contribution is -2.53. The van der Waals surface area contributed by atoms with Crippen LogP contribution in [0.25, 0.3) is 0 Å². The summed E-state index contributed by atoms with van der Waals surface area (Å²) in [6.45, 7) is 11.4. The van der Waals surface area contributed by atoms with Crippen molar-refractivity contribution >= 4 is 8.80 Å². The van der Waals surface area contributed by atoms with Gasteiger partial charge in [-0.3, -0.25) is 4.90 Å². The number of nitrogens with zero attached hydrogens (tertiary/aromatic N) is 1. The predicted octanol–water partition coefficient (Wildman–Crippen LogP) is 0.712. The van der Waals surface area contributed by atoms with Crippen LogP contribution in [0.2, 0.25) is 5.54 Å². The van der Waals surface area contributed by atoms with Gasteiger partial charge >= 0.3 is 8.80 Å². The second-order valence-electron chi connectivity index (χ2n) is 4.55. The van der Waals surface area contributed by atoms with E-state index in [1.165, 1.54) is 0 Å². The average molecular weight is 309 g/mol. The summed E-state index contributed by atoms with van der Waals surface area (Å²) in [5.74, 6) is 0. The maximum Gasteiger partial charge on any atom is 0.505 e. The van der Waals surface area contributed by atoms with Crippen molar-refractivity contribution in [2.24, 2.45) is 0 Å². The largest absolute Gasteiger partial charge is 0.505 e. The Balaban J connectivity index is 4.83. The molecule has 7 heteroatoms. The molecule has 0 aromatic heterocycles. The van der Waals surface area contributed by atoms with Crippen LogP contribution in [0.1, 0.15) is 27.7 Å². The fourth-order valence-electron chi connectivity index (χ4n) is 2.23. The number of aliphatic hydroxyl groups excluding tert-OH is 2. The molecular formula is C13H31NO5Si. The third-order valence-electron chi connectivity index (χ3n) is 3.00. The minimum absolute atomic E-state index is 0.0686. The first-order chi connectivity index (χ1) is 9.60. The fraction of sp³-hybridized carbons (Fsp3) is 1.00. The molecule has 0 bridgehead atoms. The lowest BCUT2D eigenvalue weighted by atomic mass is 10.4. The van der Waals surface area contributed by atoms with Gasteiger partial charge in [-0.1, -0.05) is 6.92 Å². The van der Waals surface area contributed by atoms with Gasteiger partial charge in [-0.05, 0) is 20.8 Å². The third kappa shape index (κ3) is 6.62. The Bertz CT molecular complexity index is 210. The summed E-state index contributed by atoms with van der Waals surface area (Å²) in [5, 5.41) is 18.2. The van der Waals surface area contributed by atoms with E-state index in [0.29, 0.717) is 39.5 Å². The molecule has 0 aliphatic rings. The van der Waals surface area contributed by atoms with Crippen LogP contribution in [-0.4, -0.2) is 76.6 Å². The molecule has 0 saturated heterocycles. The molecule has 0 aliphatic heterocycles. The van der Waals surface area contributed by atoms with Gasteiger partial charge < -0.3 is 23.5 Å². The Morgan fingerprint density at radius 3 is 1.60 bits per heavy atom. The second kappa shape index (κ2) is 11.6. The van der Waals surface area contributed by atoms with Gasteiger partial charge in [-0.15, -0.1) is 0 Å². The Morgan fingerprint density at radius 2 is 1.30 bits per heavy atom. The predicted molar refractivity (Wildman–Crippen MR) is 80.7 cm³/mol. The highest BCUT2D eigenvalue weighted by molar-refractivity contribution is 6.62. The number of hydrogen-bond donors (Lipinski definition) is 2. The molecule has 0 radical (unpaired) electrons. The van der Waals surface area contributed by atoms with Crippen molar-refractivity contribution in [1.29, 1.82) is 0 Å². The summed E-state index contributed by atoms with van der Waals surface area (Å²) in [5.41, 5.74) is 0.0837. The molecule has 0 spiro atoms. The summed E-state index contributed by atoms with van der Waals surface area (Å²) in [6, 6.07) is 0. The highest BCUT2D eigenvalue weighted by Crippen LogP contribution is 2.26. The minimum Gasteiger partial charge on any atom is -0.395 e. The molecule has 0 fully saturated rings. The van der Waals surface area contributed by atoms with E-state index in [-0.39, 0.29) is 18.8 Å². The summed E-state index contributed by atoms with van der Waals surface area (Å²) in [4.78, 5) is 2.00. The van der Waals surface area contributed by atoms with Crippen molar-refractivity contribution in [3.05, 3.63) is 0 Å². The Kier molecular flexibility index (Phi) is 11.6. The van der Waals surface area contributed by atoms with E-state index in [1.807, 2.05) is 25.7 Å². The molecule has 2 N–H and O–H groups in total. The molecule has 0 aromatic rings. The van der Waals surface area contributed by atoms with Gasteiger partial charge in [0.2, 0.25) is 0 Å². The van der Waals surface area contributed by atoms with Gasteiger partial charge in [-0.2, -0.15) is 0 Å². The molecule has 6 nitrogen and oxygen atoms in total. The summed E-state index contributed by atoms with van der Waals surface area (Å²) < 4.78 is 17.6. The van der Waals surface area contributed by atoms with E-state index >= 15 is 0 Å². The van der Waals surface area contributed by atoms with Crippen LogP contribution in [0.3, 0.4) is 0 Å². The van der Waals surface area contributed by atoms with Gasteiger partial charge in [0.25, 0.3) is 0 Å². The molecule has 0 rings (SSSR count). The highest BCUT2D eigenvalue weighted by atomic mass is 28.4. The first kappa shape index (κ1) is 20.0. The van der Waals surface area contributed by atoms with E-state index in [0.717, 1.165) is 0 Å². The highest BCUT2D eigenvalue weighted by Gasteiger charge is 2.47. The first-order valence-electron chi connectivity index (χ1n) is 7.46. The van der Waals surface area contributed by atoms with Gasteiger partial charge in [0.15, 0.2) is 0 Å². The molecule has 0 heterocycles. The number of aliphatic hydroxyl groups is 2. The Morgan fingerprint density at radius 1 is 0.900 bits per heavy atom. The second-order valence-corrected chi connectivity index (χ2v) is 7.61. The van der Waals surface area contributed by atoms with Crippen molar-refractivity contribution in [2.75, 3.05) is 52.7 Å². The maximum atomic E-state index is 9.08. The normalized spacial score (nSPS) is 13.9. The molecule has 0 aliphatic carbocycles. The fourth-order valence-corrected chi connectivity index (χ4v) is 5.02. The van der Waals surface area contributed by atoms with E-state index in [4.69, 9.17) is 23.5 Å². The topological polar surface area (TPSA) is 71.4 Å². The monoisotopic (exact) mass is 309 g/mol. The average Bonchev–Trinajstić information content (AvgIpc) is 2.40. The zero-order valence-corrected chi connectivity index (χ0v) is 14.3. The molecule has 1 unspecified atom stereocenters. The number of hydrogen-bond acceptors (Lipinski definition) is 6. The summed E-state index contributed by atoms with van der Waals surface area (Å²) >= 11 is 0. The van der Waals surface area contributed by atoms with Gasteiger partial charge in [0, 0.05) is 45.0 Å². The van der Waals surface area contributed by atoms with Gasteiger partial charge in [-0.25, -0.2) is 0 Å². The van der Waals surface area contributed by atoms with Crippen LogP contribution in [0.15, 0.2) is 0 Å². The van der Waals surface area contributed by atoms with Gasteiger partial charge in [0.1, 0.15) is 0 Å². The van der Waals surface area contributed by atoms with Crippen molar-refractivity contribution in [1.82, 2.24) is 4.90 Å². The zero-order chi connectivity index (χ0) is 15.4. The minimum atomic E-state index is -2.72. The quantitative estimate of drug-likeness (QED) is 0.488. The van der Waals surface area contributed by atoms with E-state index in [2.05, 4.69) is 6.92 Å². The summed E-state index contributed by atoms with van der Waals surface area (Å²) in [7, 11) is -2.72. The number of rotatable bonds is 13. The van der Waals surface area contributed by atoms with Crippen LogP contribution in [0.4, 0.5) is 0 Å². The third-order valence-corrected chi connectivity index (χ3v) is 6.47. The zero-order valence-electron chi connectivity index (χ0n) is 13.3. The van der Waals surface area contributed by atoms with Crippen LogP contribution < -0.4 is 0 Å². The van der Waals surface area contributed by atoms with Crippen LogP contribution in [-0.2, 0) is 13.3 Å². The van der Waals surface area contributed by atoms with E-state index in [9.17, 15) is 0 Å². The van der Waals surface area contributed by atoms with Crippen molar-refractivity contribution in [2.45, 2.75) is 33.2 Å². The molecule has 0 aromatic carbocycles. The molecule has 122 valence electrons. The summed E-state index contributed by atoms with van der Waals surface area (Å²) in [6.07, 6.45) is 0. The van der Waals surface area contributed by atoms with Gasteiger partial charge in [0.05, 0.1) is 13.2 Å².